The number of hydrogen-bond acceptors (Lipinski definition) is 0. The molecule has 0 radical (unpaired) electrons. The summed E-state index contributed by atoms with van der Waals surface area (Å²) in [6.07, 6.45) is 9.31. The van der Waals surface area contributed by atoms with E-state index in [4.69, 9.17) is 0 Å². The van der Waals surface area contributed by atoms with Gasteiger partial charge in [-0.15, -0.1) is 0 Å². The number of benzene rings is 3. The minimum absolute atomic E-state index is 0.218. The third kappa shape index (κ3) is 4.53. The molecule has 0 atom stereocenters. The van der Waals surface area contributed by atoms with Crippen LogP contribution in [0, 0.1) is 23.4 Å². The monoisotopic (exact) mass is 434 g/mol. The standard InChI is InChI=1S/C29H29F3/c1-3-5-19-6-8-21(9-7-19)24-15-16-25(27(30)18-24)22-10-12-23(13-11-22)26-17-14-20(4-2)28(31)29(26)32/h3,5,10-19,21H,4,6-9H2,1-2H3/b5-3+. The van der Waals surface area contributed by atoms with Crippen molar-refractivity contribution in [2.75, 3.05) is 0 Å². The van der Waals surface area contributed by atoms with Gasteiger partial charge in [-0.05, 0) is 79.2 Å². The van der Waals surface area contributed by atoms with Crippen molar-refractivity contribution in [2.45, 2.75) is 51.9 Å². The van der Waals surface area contributed by atoms with Gasteiger partial charge >= 0.3 is 0 Å². The number of allylic oxidation sites excluding steroid dienone is 2. The minimum Gasteiger partial charge on any atom is -0.206 e. The lowest BCUT2D eigenvalue weighted by atomic mass is 9.78. The molecule has 4 rings (SSSR count). The fourth-order valence-electron chi connectivity index (χ4n) is 4.85. The van der Waals surface area contributed by atoms with E-state index in [-0.39, 0.29) is 11.4 Å². The van der Waals surface area contributed by atoms with Gasteiger partial charge in [-0.25, -0.2) is 13.2 Å². The number of rotatable bonds is 5. The summed E-state index contributed by atoms with van der Waals surface area (Å²) in [5.74, 6) is -0.815. The van der Waals surface area contributed by atoms with Crippen molar-refractivity contribution in [1.82, 2.24) is 0 Å². The Kier molecular flexibility index (Phi) is 6.83. The van der Waals surface area contributed by atoms with E-state index in [1.54, 1.807) is 49.4 Å². The fraction of sp³-hybridized carbons (Fsp3) is 0.310. The van der Waals surface area contributed by atoms with Gasteiger partial charge in [0.25, 0.3) is 0 Å². The maximum Gasteiger partial charge on any atom is 0.166 e. The molecule has 0 spiro atoms. The highest BCUT2D eigenvalue weighted by Gasteiger charge is 2.22. The van der Waals surface area contributed by atoms with Crippen LogP contribution < -0.4 is 0 Å². The largest absolute Gasteiger partial charge is 0.206 e. The molecule has 0 N–H and O–H groups in total. The third-order valence-electron chi connectivity index (χ3n) is 6.75. The van der Waals surface area contributed by atoms with Crippen LogP contribution in [0.25, 0.3) is 22.3 Å². The van der Waals surface area contributed by atoms with Crippen LogP contribution in [0.15, 0.2) is 66.7 Å². The van der Waals surface area contributed by atoms with E-state index in [0.29, 0.717) is 34.9 Å². The van der Waals surface area contributed by atoms with Crippen molar-refractivity contribution in [1.29, 1.82) is 0 Å². The number of halogens is 3. The zero-order valence-corrected chi connectivity index (χ0v) is 18.7. The van der Waals surface area contributed by atoms with Crippen LogP contribution in [0.5, 0.6) is 0 Å². The summed E-state index contributed by atoms with van der Waals surface area (Å²) < 4.78 is 43.6. The summed E-state index contributed by atoms with van der Waals surface area (Å²) in [6, 6.07) is 15.7. The van der Waals surface area contributed by atoms with E-state index >= 15 is 0 Å². The second-order valence-corrected chi connectivity index (χ2v) is 8.71. The molecule has 0 heterocycles. The quantitative estimate of drug-likeness (QED) is 0.352. The molecule has 0 saturated heterocycles. The molecule has 32 heavy (non-hydrogen) atoms. The van der Waals surface area contributed by atoms with Gasteiger partial charge in [0.1, 0.15) is 5.82 Å². The van der Waals surface area contributed by atoms with Gasteiger partial charge in [0, 0.05) is 11.1 Å². The Morgan fingerprint density at radius 1 is 0.781 bits per heavy atom. The summed E-state index contributed by atoms with van der Waals surface area (Å²) in [7, 11) is 0. The molecule has 0 aliphatic heterocycles. The first-order chi connectivity index (χ1) is 15.5. The zero-order chi connectivity index (χ0) is 22.7. The van der Waals surface area contributed by atoms with Crippen molar-refractivity contribution < 1.29 is 13.2 Å². The highest BCUT2D eigenvalue weighted by Crippen LogP contribution is 2.38. The Labute approximate surface area is 188 Å². The summed E-state index contributed by atoms with van der Waals surface area (Å²) in [4.78, 5) is 0. The van der Waals surface area contributed by atoms with Crippen LogP contribution in [0.1, 0.15) is 56.6 Å². The zero-order valence-electron chi connectivity index (χ0n) is 18.7. The second kappa shape index (κ2) is 9.77. The molecule has 166 valence electrons. The summed E-state index contributed by atoms with van der Waals surface area (Å²) in [5, 5.41) is 0. The predicted molar refractivity (Wildman–Crippen MR) is 126 cm³/mol. The van der Waals surface area contributed by atoms with Gasteiger partial charge in [-0.1, -0.05) is 67.6 Å². The van der Waals surface area contributed by atoms with Gasteiger partial charge < -0.3 is 0 Å². The van der Waals surface area contributed by atoms with Crippen LogP contribution in [0.3, 0.4) is 0 Å². The second-order valence-electron chi connectivity index (χ2n) is 8.71. The lowest BCUT2D eigenvalue weighted by molar-refractivity contribution is 0.375. The van der Waals surface area contributed by atoms with Gasteiger partial charge in [0.2, 0.25) is 0 Å². The van der Waals surface area contributed by atoms with Gasteiger partial charge in [0.15, 0.2) is 11.6 Å². The average Bonchev–Trinajstić information content (AvgIpc) is 2.82. The lowest BCUT2D eigenvalue weighted by Gasteiger charge is -2.27. The van der Waals surface area contributed by atoms with E-state index < -0.39 is 11.6 Å². The summed E-state index contributed by atoms with van der Waals surface area (Å²) >= 11 is 0. The Bertz CT molecular complexity index is 1100. The van der Waals surface area contributed by atoms with E-state index in [0.717, 1.165) is 36.8 Å². The van der Waals surface area contributed by atoms with E-state index in [1.165, 1.54) is 0 Å². The van der Waals surface area contributed by atoms with Crippen LogP contribution in [-0.4, -0.2) is 0 Å². The highest BCUT2D eigenvalue weighted by molar-refractivity contribution is 5.71. The van der Waals surface area contributed by atoms with Gasteiger partial charge in [0.05, 0.1) is 0 Å². The molecule has 3 aromatic carbocycles. The molecule has 0 unspecified atom stereocenters. The maximum absolute atomic E-state index is 15.0. The Balaban J connectivity index is 1.53. The van der Waals surface area contributed by atoms with Crippen molar-refractivity contribution in [3.63, 3.8) is 0 Å². The van der Waals surface area contributed by atoms with Crippen LogP contribution in [0.2, 0.25) is 0 Å². The van der Waals surface area contributed by atoms with Crippen LogP contribution >= 0.6 is 0 Å². The summed E-state index contributed by atoms with van der Waals surface area (Å²) in [5.41, 5.74) is 3.46. The Morgan fingerprint density at radius 2 is 1.41 bits per heavy atom. The van der Waals surface area contributed by atoms with Crippen molar-refractivity contribution >= 4 is 0 Å². The van der Waals surface area contributed by atoms with Crippen molar-refractivity contribution in [3.8, 4) is 22.3 Å². The predicted octanol–water partition coefficient (Wildman–Crippen LogP) is 8.85. The molecule has 0 aromatic heterocycles. The van der Waals surface area contributed by atoms with Gasteiger partial charge in [-0.2, -0.15) is 0 Å². The molecule has 3 aromatic rings. The molecule has 1 aliphatic carbocycles. The molecule has 1 fully saturated rings. The van der Waals surface area contributed by atoms with Crippen molar-refractivity contribution in [3.05, 3.63) is 95.3 Å². The smallest absolute Gasteiger partial charge is 0.166 e. The first-order valence-electron chi connectivity index (χ1n) is 11.5. The Hall–Kier alpha value is -2.81. The highest BCUT2D eigenvalue weighted by atomic mass is 19.2. The maximum atomic E-state index is 15.0. The molecular weight excluding hydrogens is 405 g/mol. The minimum atomic E-state index is -0.836. The molecule has 1 aliphatic rings. The number of hydrogen-bond donors (Lipinski definition) is 0. The lowest BCUT2D eigenvalue weighted by Crippen LogP contribution is -2.12. The third-order valence-corrected chi connectivity index (χ3v) is 6.75. The topological polar surface area (TPSA) is 0 Å². The first-order valence-corrected chi connectivity index (χ1v) is 11.5. The van der Waals surface area contributed by atoms with Crippen LogP contribution in [0.4, 0.5) is 13.2 Å². The van der Waals surface area contributed by atoms with E-state index in [9.17, 15) is 13.2 Å². The normalized spacial score (nSPS) is 18.9. The Morgan fingerprint density at radius 3 is 2.00 bits per heavy atom. The SMILES string of the molecule is C/C=C/C1CCC(c2ccc(-c3ccc(-c4ccc(CC)c(F)c4F)cc3)c(F)c2)CC1. The van der Waals surface area contributed by atoms with Crippen LogP contribution in [-0.2, 0) is 6.42 Å². The van der Waals surface area contributed by atoms with E-state index in [2.05, 4.69) is 19.1 Å². The van der Waals surface area contributed by atoms with Crippen molar-refractivity contribution in [2.24, 2.45) is 5.92 Å². The molecule has 1 saturated carbocycles. The molecule has 0 nitrogen and oxygen atoms in total. The summed E-state index contributed by atoms with van der Waals surface area (Å²) in [6.45, 7) is 3.85. The van der Waals surface area contributed by atoms with Gasteiger partial charge in [-0.3, -0.25) is 0 Å². The molecule has 0 bridgehead atoms. The molecular formula is C29H29F3. The molecule has 0 amide bonds. The first kappa shape index (κ1) is 22.4. The van der Waals surface area contributed by atoms with E-state index in [1.807, 2.05) is 12.1 Å². The number of aryl methyl sites for hydroxylation is 1. The molecule has 3 heteroatoms. The fourth-order valence-corrected chi connectivity index (χ4v) is 4.85. The average molecular weight is 435 g/mol.